The minimum Gasteiger partial charge on any atom is -0.228 e. The first-order valence-electron chi connectivity index (χ1n) is 19.7. The van der Waals surface area contributed by atoms with Crippen molar-refractivity contribution in [3.63, 3.8) is 0 Å². The van der Waals surface area contributed by atoms with Crippen LogP contribution in [-0.2, 0) is 5.41 Å². The minimum atomic E-state index is -0.0935. The van der Waals surface area contributed by atoms with Crippen molar-refractivity contribution in [3.05, 3.63) is 205 Å². The number of hydrogen-bond donors (Lipinski definition) is 0. The summed E-state index contributed by atoms with van der Waals surface area (Å²) in [7, 11) is 0. The number of fused-ring (bicyclic) bond motifs is 7. The van der Waals surface area contributed by atoms with Gasteiger partial charge in [-0.2, -0.15) is 0 Å². The molecule has 0 saturated carbocycles. The third kappa shape index (κ3) is 5.48. The Bertz CT molecular complexity index is 3210. The Balaban J connectivity index is 1.05. The van der Waals surface area contributed by atoms with Crippen LogP contribution in [0, 0.1) is 0 Å². The van der Waals surface area contributed by atoms with Crippen molar-refractivity contribution in [2.45, 2.75) is 19.3 Å². The fourth-order valence-electron chi connectivity index (χ4n) is 9.23. The van der Waals surface area contributed by atoms with E-state index in [1.807, 2.05) is 6.07 Å². The molecule has 9 aromatic carbocycles. The molecule has 0 bridgehead atoms. The summed E-state index contributed by atoms with van der Waals surface area (Å²) in [5.41, 5.74) is 15.0. The molecule has 10 aromatic rings. The highest BCUT2D eigenvalue weighted by molar-refractivity contribution is 6.05. The highest BCUT2D eigenvalue weighted by Crippen LogP contribution is 2.52. The summed E-state index contributed by atoms with van der Waals surface area (Å²) in [5.74, 6) is 0.710. The molecule has 0 radical (unpaired) electrons. The van der Waals surface area contributed by atoms with E-state index < -0.39 is 0 Å². The van der Waals surface area contributed by atoms with Crippen molar-refractivity contribution in [2.24, 2.45) is 0 Å². The van der Waals surface area contributed by atoms with Crippen LogP contribution in [0.3, 0.4) is 0 Å². The molecule has 0 spiro atoms. The van der Waals surface area contributed by atoms with E-state index in [0.717, 1.165) is 39.0 Å². The lowest BCUT2D eigenvalue weighted by molar-refractivity contribution is 0.666. The van der Waals surface area contributed by atoms with E-state index in [1.165, 1.54) is 65.9 Å². The largest absolute Gasteiger partial charge is 0.228 e. The SMILES string of the molecule is CC1(C)c2ccc(-c3ccc(-c4nc(-c5ccccc5)cc(-c5cccc(-c6ccc7ccccc7c6)c5)n4)c4ccccc34)cc2-c2ccc3ccccc3c21. The number of rotatable bonds is 5. The predicted molar refractivity (Wildman–Crippen MR) is 239 cm³/mol. The van der Waals surface area contributed by atoms with Crippen LogP contribution < -0.4 is 0 Å². The van der Waals surface area contributed by atoms with Gasteiger partial charge in [0.05, 0.1) is 11.4 Å². The van der Waals surface area contributed by atoms with Gasteiger partial charge in [0.2, 0.25) is 0 Å². The number of hydrogen-bond acceptors (Lipinski definition) is 2. The molecule has 0 unspecified atom stereocenters. The first-order chi connectivity index (χ1) is 28.0. The summed E-state index contributed by atoms with van der Waals surface area (Å²) >= 11 is 0. The van der Waals surface area contributed by atoms with E-state index in [9.17, 15) is 0 Å². The van der Waals surface area contributed by atoms with Crippen molar-refractivity contribution in [2.75, 3.05) is 0 Å². The highest BCUT2D eigenvalue weighted by atomic mass is 14.9. The molecule has 1 aliphatic rings. The molecule has 1 aliphatic carbocycles. The van der Waals surface area contributed by atoms with Gasteiger partial charge < -0.3 is 0 Å². The molecule has 11 rings (SSSR count). The molecule has 57 heavy (non-hydrogen) atoms. The Kier molecular flexibility index (Phi) is 7.55. The third-order valence-electron chi connectivity index (χ3n) is 12.0. The molecular formula is C55H38N2. The van der Waals surface area contributed by atoms with Crippen molar-refractivity contribution in [1.82, 2.24) is 9.97 Å². The van der Waals surface area contributed by atoms with E-state index in [2.05, 4.69) is 202 Å². The molecule has 0 aliphatic heterocycles. The summed E-state index contributed by atoms with van der Waals surface area (Å²) in [6.45, 7) is 4.73. The fraction of sp³-hybridized carbons (Fsp3) is 0.0545. The molecule has 1 aromatic heterocycles. The number of aromatic nitrogens is 2. The first kappa shape index (κ1) is 33.2. The van der Waals surface area contributed by atoms with Crippen molar-refractivity contribution >= 4 is 32.3 Å². The maximum Gasteiger partial charge on any atom is 0.161 e. The molecule has 0 fully saturated rings. The van der Waals surface area contributed by atoms with E-state index >= 15 is 0 Å². The molecule has 0 N–H and O–H groups in total. The van der Waals surface area contributed by atoms with Gasteiger partial charge in [-0.15, -0.1) is 0 Å². The van der Waals surface area contributed by atoms with Crippen LogP contribution in [0.4, 0.5) is 0 Å². The normalized spacial score (nSPS) is 12.9. The fourth-order valence-corrected chi connectivity index (χ4v) is 9.23. The number of nitrogens with zero attached hydrogens (tertiary/aromatic N) is 2. The Morgan fingerprint density at radius 1 is 0.333 bits per heavy atom. The van der Waals surface area contributed by atoms with Gasteiger partial charge in [0.1, 0.15) is 0 Å². The summed E-state index contributed by atoms with van der Waals surface area (Å²) in [6, 6.07) is 70.1. The van der Waals surface area contributed by atoms with Gasteiger partial charge in [-0.25, -0.2) is 9.97 Å². The van der Waals surface area contributed by atoms with Gasteiger partial charge >= 0.3 is 0 Å². The van der Waals surface area contributed by atoms with E-state index in [4.69, 9.17) is 9.97 Å². The second-order valence-electron chi connectivity index (χ2n) is 15.8. The molecule has 0 amide bonds. The monoisotopic (exact) mass is 726 g/mol. The lowest BCUT2D eigenvalue weighted by Gasteiger charge is -2.23. The molecule has 0 atom stereocenters. The second kappa shape index (κ2) is 13.0. The molecule has 2 nitrogen and oxygen atoms in total. The highest BCUT2D eigenvalue weighted by Gasteiger charge is 2.37. The Morgan fingerprint density at radius 2 is 0.912 bits per heavy atom. The zero-order valence-corrected chi connectivity index (χ0v) is 31.9. The summed E-state index contributed by atoms with van der Waals surface area (Å²) in [5, 5.41) is 7.41. The van der Waals surface area contributed by atoms with E-state index in [-0.39, 0.29) is 5.41 Å². The third-order valence-corrected chi connectivity index (χ3v) is 12.0. The Labute approximate surface area is 332 Å². The van der Waals surface area contributed by atoms with Crippen molar-refractivity contribution in [3.8, 4) is 67.3 Å². The van der Waals surface area contributed by atoms with Crippen molar-refractivity contribution < 1.29 is 0 Å². The summed E-state index contributed by atoms with van der Waals surface area (Å²) in [6.07, 6.45) is 0. The topological polar surface area (TPSA) is 25.8 Å². The van der Waals surface area contributed by atoms with E-state index in [1.54, 1.807) is 0 Å². The molecule has 268 valence electrons. The second-order valence-corrected chi connectivity index (χ2v) is 15.8. The maximum atomic E-state index is 5.34. The first-order valence-corrected chi connectivity index (χ1v) is 19.7. The maximum absolute atomic E-state index is 5.34. The van der Waals surface area contributed by atoms with Crippen LogP contribution in [0.1, 0.15) is 25.0 Å². The molecule has 2 heteroatoms. The van der Waals surface area contributed by atoms with E-state index in [0.29, 0.717) is 5.82 Å². The lowest BCUT2D eigenvalue weighted by Crippen LogP contribution is -2.15. The lowest BCUT2D eigenvalue weighted by atomic mass is 9.80. The van der Waals surface area contributed by atoms with Crippen LogP contribution in [0.2, 0.25) is 0 Å². The molecule has 0 saturated heterocycles. The van der Waals surface area contributed by atoms with Crippen LogP contribution >= 0.6 is 0 Å². The van der Waals surface area contributed by atoms with Gasteiger partial charge in [0.25, 0.3) is 0 Å². The van der Waals surface area contributed by atoms with Gasteiger partial charge in [0, 0.05) is 22.1 Å². The Morgan fingerprint density at radius 3 is 1.74 bits per heavy atom. The van der Waals surface area contributed by atoms with Gasteiger partial charge in [-0.05, 0) is 107 Å². The number of benzene rings is 9. The Hall–Kier alpha value is -7.16. The van der Waals surface area contributed by atoms with Crippen LogP contribution in [0.25, 0.3) is 99.6 Å². The van der Waals surface area contributed by atoms with Gasteiger partial charge in [-0.3, -0.25) is 0 Å². The van der Waals surface area contributed by atoms with Crippen LogP contribution in [-0.4, -0.2) is 9.97 Å². The standard InChI is InChI=1S/C55H38N2/c1-55(2)50-30-26-41(33-49(50)47-27-25-36-14-8-9-20-44(36)53(47)55)43-28-29-48(46-22-11-10-21-45(43)46)54-56-51(37-15-4-3-5-16-37)34-52(57-54)42-19-12-18-39(32-42)40-24-23-35-13-6-7-17-38(35)31-40/h3-34H,1-2H3. The molecular weight excluding hydrogens is 689 g/mol. The zero-order chi connectivity index (χ0) is 38.1. The molecule has 1 heterocycles. The minimum absolute atomic E-state index is 0.0935. The summed E-state index contributed by atoms with van der Waals surface area (Å²) < 4.78 is 0. The zero-order valence-electron chi connectivity index (χ0n) is 31.9. The quantitative estimate of drug-likeness (QED) is 0.176. The van der Waals surface area contributed by atoms with Gasteiger partial charge in [-0.1, -0.05) is 178 Å². The van der Waals surface area contributed by atoms with Gasteiger partial charge in [0.15, 0.2) is 5.82 Å². The average molecular weight is 727 g/mol. The van der Waals surface area contributed by atoms with Crippen LogP contribution in [0.5, 0.6) is 0 Å². The smallest absolute Gasteiger partial charge is 0.161 e. The predicted octanol–water partition coefficient (Wildman–Crippen LogP) is 14.6. The average Bonchev–Trinajstić information content (AvgIpc) is 3.51. The van der Waals surface area contributed by atoms with Crippen molar-refractivity contribution in [1.29, 1.82) is 0 Å². The van der Waals surface area contributed by atoms with Crippen LogP contribution in [0.15, 0.2) is 194 Å². The summed E-state index contributed by atoms with van der Waals surface area (Å²) in [4.78, 5) is 10.6.